The predicted octanol–water partition coefficient (Wildman–Crippen LogP) is 0.773. The van der Waals surface area contributed by atoms with Crippen LogP contribution in [0.5, 0.6) is 11.5 Å². The molecule has 8 N–H and O–H groups in total. The number of fused-ring (bicyclic) bond motifs is 3. The lowest BCUT2D eigenvalue weighted by atomic mass is 9.58. The molecule has 0 fully saturated rings. The number of Topliss-reactive ketones (excluding diaryl/α,β-unsaturated/α-hetero) is 2. The largest absolute Gasteiger partial charge is 0.510 e. The molecule has 204 valence electrons. The second-order valence-electron chi connectivity index (χ2n) is 10.2. The number of phenols is 1. The zero-order chi connectivity index (χ0) is 28.5. The zero-order valence-electron chi connectivity index (χ0n) is 21.4. The number of aromatic hydroxyl groups is 1. The summed E-state index contributed by atoms with van der Waals surface area (Å²) in [5.74, 6) is -6.75. The van der Waals surface area contributed by atoms with E-state index in [1.807, 2.05) is 0 Å². The van der Waals surface area contributed by atoms with Gasteiger partial charge >= 0.3 is 0 Å². The Hall–Kier alpha value is -4.42. The van der Waals surface area contributed by atoms with Gasteiger partial charge in [-0.25, -0.2) is 4.98 Å². The number of aromatic nitrogens is 1. The van der Waals surface area contributed by atoms with Gasteiger partial charge in [-0.05, 0) is 51.1 Å². The van der Waals surface area contributed by atoms with Crippen LogP contribution < -0.4 is 16.2 Å². The van der Waals surface area contributed by atoms with E-state index in [0.29, 0.717) is 16.7 Å². The van der Waals surface area contributed by atoms with E-state index in [2.05, 4.69) is 4.98 Å². The zero-order valence-corrected chi connectivity index (χ0v) is 21.4. The molecule has 1 aromatic carbocycles. The highest BCUT2D eigenvalue weighted by Crippen LogP contribution is 2.54. The van der Waals surface area contributed by atoms with Crippen LogP contribution in [0.3, 0.4) is 0 Å². The van der Waals surface area contributed by atoms with Crippen molar-refractivity contribution in [2.75, 3.05) is 26.9 Å². The maximum atomic E-state index is 13.8. The first-order chi connectivity index (χ1) is 18.4. The number of phenolic OH excluding ortho intramolecular Hbond substituents is 1. The molecule has 12 nitrogen and oxygen atoms in total. The Morgan fingerprint density at radius 1 is 1.21 bits per heavy atom. The number of ketones is 2. The third-order valence-electron chi connectivity index (χ3n) is 8.01. The van der Waals surface area contributed by atoms with Gasteiger partial charge < -0.3 is 36.6 Å². The fourth-order valence-electron chi connectivity index (χ4n) is 6.38. The van der Waals surface area contributed by atoms with E-state index in [4.69, 9.17) is 16.2 Å². The number of benzene rings is 1. The molecule has 0 spiro atoms. The van der Waals surface area contributed by atoms with E-state index in [0.717, 1.165) is 0 Å². The van der Waals surface area contributed by atoms with E-state index >= 15 is 0 Å². The number of aliphatic hydroxyl groups is 3. The second kappa shape index (κ2) is 8.82. The van der Waals surface area contributed by atoms with Crippen molar-refractivity contribution < 1.29 is 39.5 Å². The molecule has 12 heteroatoms. The van der Waals surface area contributed by atoms with Crippen molar-refractivity contribution >= 4 is 23.3 Å². The molecule has 3 aliphatic rings. The Labute approximate surface area is 222 Å². The smallest absolute Gasteiger partial charge is 0.255 e. The minimum atomic E-state index is -2.70. The Morgan fingerprint density at radius 2 is 1.90 bits per heavy atom. The van der Waals surface area contributed by atoms with Gasteiger partial charge in [0.15, 0.2) is 11.4 Å². The third kappa shape index (κ3) is 3.45. The number of amides is 1. The number of carbonyl (C=O) groups is 3. The second-order valence-corrected chi connectivity index (χ2v) is 10.2. The van der Waals surface area contributed by atoms with E-state index in [-0.39, 0.29) is 35.5 Å². The van der Waals surface area contributed by atoms with Crippen molar-refractivity contribution in [3.05, 3.63) is 58.2 Å². The molecule has 4 atom stereocenters. The van der Waals surface area contributed by atoms with Crippen molar-refractivity contribution in [2.45, 2.75) is 24.5 Å². The molecule has 0 bridgehead atoms. The molecule has 0 saturated carbocycles. The van der Waals surface area contributed by atoms with E-state index in [1.165, 1.54) is 24.3 Å². The molecule has 1 heterocycles. The Balaban J connectivity index is 1.74. The van der Waals surface area contributed by atoms with Crippen molar-refractivity contribution in [1.29, 1.82) is 0 Å². The SMILES string of the molecule is COc1c(-c2cccnc2N)cc(O)c2c1C[C@H]1C[C@H]3[C@H](N(C)C)C(O)=C(C(N)=O)C(=O)[C@@]3(O)C(O)=C1C2=O. The first-order valence-electron chi connectivity index (χ1n) is 12.1. The lowest BCUT2D eigenvalue weighted by Gasteiger charge is -2.50. The van der Waals surface area contributed by atoms with Crippen molar-refractivity contribution in [3.8, 4) is 22.6 Å². The summed E-state index contributed by atoms with van der Waals surface area (Å²) in [5.41, 5.74) is 8.69. The molecule has 1 amide bonds. The molecule has 5 rings (SSSR count). The molecule has 0 unspecified atom stereocenters. The summed E-state index contributed by atoms with van der Waals surface area (Å²) in [6, 6.07) is 3.58. The number of aliphatic hydroxyl groups excluding tert-OH is 2. The summed E-state index contributed by atoms with van der Waals surface area (Å²) >= 11 is 0. The monoisotopic (exact) mass is 536 g/mol. The number of nitrogen functional groups attached to an aromatic ring is 1. The number of nitrogens with two attached hydrogens (primary N) is 2. The number of rotatable bonds is 4. The lowest BCUT2D eigenvalue weighted by molar-refractivity contribution is -0.148. The molecule has 0 radical (unpaired) electrons. The molecular formula is C27H28N4O8. The number of methoxy groups -OCH3 is 1. The predicted molar refractivity (Wildman–Crippen MR) is 138 cm³/mol. The molecule has 3 aliphatic carbocycles. The Morgan fingerprint density at radius 3 is 2.49 bits per heavy atom. The van der Waals surface area contributed by atoms with Gasteiger partial charge in [0.2, 0.25) is 5.78 Å². The summed E-state index contributed by atoms with van der Waals surface area (Å²) in [5, 5.41) is 44.9. The number of allylic oxidation sites excluding steroid dienone is 1. The summed E-state index contributed by atoms with van der Waals surface area (Å²) in [6.07, 6.45) is 1.56. The first-order valence-corrected chi connectivity index (χ1v) is 12.1. The van der Waals surface area contributed by atoms with E-state index in [9.17, 15) is 34.8 Å². The highest BCUT2D eigenvalue weighted by atomic mass is 16.5. The van der Waals surface area contributed by atoms with Crippen LogP contribution in [0, 0.1) is 11.8 Å². The number of hydrogen-bond donors (Lipinski definition) is 6. The fourth-order valence-corrected chi connectivity index (χ4v) is 6.38. The summed E-state index contributed by atoms with van der Waals surface area (Å²) in [6.45, 7) is 0. The van der Waals surface area contributed by atoms with Crippen LogP contribution in [-0.2, 0) is 16.0 Å². The number of primary amides is 1. The van der Waals surface area contributed by atoms with Gasteiger partial charge in [-0.15, -0.1) is 0 Å². The van der Waals surface area contributed by atoms with E-state index < -0.39 is 63.8 Å². The molecular weight excluding hydrogens is 508 g/mol. The van der Waals surface area contributed by atoms with Crippen LogP contribution in [0.2, 0.25) is 0 Å². The first kappa shape index (κ1) is 26.2. The number of carbonyl (C=O) groups excluding carboxylic acids is 3. The summed E-state index contributed by atoms with van der Waals surface area (Å²) in [7, 11) is 4.55. The number of pyridine rings is 1. The van der Waals surface area contributed by atoms with Gasteiger partial charge in [-0.3, -0.25) is 19.3 Å². The van der Waals surface area contributed by atoms with Gasteiger partial charge in [-0.1, -0.05) is 0 Å². The minimum Gasteiger partial charge on any atom is -0.510 e. The van der Waals surface area contributed by atoms with Crippen LogP contribution >= 0.6 is 0 Å². The third-order valence-corrected chi connectivity index (χ3v) is 8.01. The van der Waals surface area contributed by atoms with Gasteiger partial charge in [0.05, 0.1) is 18.7 Å². The Bertz CT molecular complexity index is 1530. The lowest BCUT2D eigenvalue weighted by Crippen LogP contribution is -2.63. The highest BCUT2D eigenvalue weighted by Gasteiger charge is 2.63. The summed E-state index contributed by atoms with van der Waals surface area (Å²) < 4.78 is 5.69. The molecule has 0 aliphatic heterocycles. The van der Waals surface area contributed by atoms with Crippen molar-refractivity contribution in [3.63, 3.8) is 0 Å². The van der Waals surface area contributed by atoms with E-state index in [1.54, 1.807) is 26.2 Å². The average Bonchev–Trinajstić information content (AvgIpc) is 2.86. The average molecular weight is 537 g/mol. The Kier molecular flexibility index (Phi) is 5.92. The maximum Gasteiger partial charge on any atom is 0.255 e. The minimum absolute atomic E-state index is 0.0328. The number of hydrogen-bond acceptors (Lipinski definition) is 11. The molecule has 1 aromatic heterocycles. The van der Waals surface area contributed by atoms with Crippen LogP contribution in [0.1, 0.15) is 22.3 Å². The van der Waals surface area contributed by atoms with Crippen LogP contribution in [0.4, 0.5) is 5.82 Å². The van der Waals surface area contributed by atoms with Crippen molar-refractivity contribution in [1.82, 2.24) is 9.88 Å². The maximum absolute atomic E-state index is 13.8. The van der Waals surface area contributed by atoms with Crippen LogP contribution in [-0.4, -0.2) is 80.6 Å². The fraction of sp³-hybridized carbons (Fsp3) is 0.333. The van der Waals surface area contributed by atoms with Crippen LogP contribution in [0.15, 0.2) is 47.1 Å². The standard InChI is InChI=1S/C27H28N4O8/c1-31(2)19-14-8-10-7-13-17(15(32)9-12(22(13)39-3)11-5-4-6-30-25(11)28)20(33)16(10)23(35)27(14,38)24(36)18(21(19)34)26(29)37/h4-6,9-10,14,19,32,34-35,38H,7-8H2,1-3H3,(H2,28,30)(H2,29,37)/t10-,14-,19-,27-/m0/s1. The summed E-state index contributed by atoms with van der Waals surface area (Å²) in [4.78, 5) is 44.9. The topological polar surface area (TPSA) is 210 Å². The number of ether oxygens (including phenoxy) is 1. The normalized spacial score (nSPS) is 26.3. The molecule has 2 aromatic rings. The quantitative estimate of drug-likeness (QED) is 0.301. The van der Waals surface area contributed by atoms with Gasteiger partial charge in [0, 0.05) is 34.4 Å². The van der Waals surface area contributed by atoms with Gasteiger partial charge in [-0.2, -0.15) is 0 Å². The number of anilines is 1. The highest BCUT2D eigenvalue weighted by molar-refractivity contribution is 6.25. The van der Waals surface area contributed by atoms with Gasteiger partial charge in [0.1, 0.15) is 34.4 Å². The number of likely N-dealkylation sites (N-methyl/N-ethyl adjacent to an activating group) is 1. The van der Waals surface area contributed by atoms with Crippen LogP contribution in [0.25, 0.3) is 11.1 Å². The van der Waals surface area contributed by atoms with Crippen molar-refractivity contribution in [2.24, 2.45) is 17.6 Å². The molecule has 0 saturated heterocycles. The molecule has 39 heavy (non-hydrogen) atoms. The number of nitrogens with zero attached hydrogens (tertiary/aromatic N) is 2. The van der Waals surface area contributed by atoms with Gasteiger partial charge in [0.25, 0.3) is 5.91 Å².